The Morgan fingerprint density at radius 2 is 1.86 bits per heavy atom. The van der Waals surface area contributed by atoms with Crippen molar-refractivity contribution in [3.05, 3.63) is 48.2 Å². The van der Waals surface area contributed by atoms with Crippen molar-refractivity contribution < 1.29 is 13.2 Å². The number of pyridine rings is 2. The van der Waals surface area contributed by atoms with Gasteiger partial charge >= 0.3 is 0 Å². The Morgan fingerprint density at radius 3 is 2.60 bits per heavy atom. The normalized spacial score (nSPS) is 20.4. The number of rotatable bonds is 4. The molecule has 0 unspecified atom stereocenters. The minimum atomic E-state index is -4.22. The van der Waals surface area contributed by atoms with Crippen molar-refractivity contribution in [1.82, 2.24) is 24.5 Å². The summed E-state index contributed by atoms with van der Waals surface area (Å²) in [6.45, 7) is 17.2. The van der Waals surface area contributed by atoms with E-state index >= 15 is 0 Å². The van der Waals surface area contributed by atoms with Crippen molar-refractivity contribution in [1.29, 1.82) is 0 Å². The fourth-order valence-electron chi connectivity index (χ4n) is 6.03. The molecule has 2 N–H and O–H groups in total. The highest BCUT2D eigenvalue weighted by atomic mass is 32.2. The van der Waals surface area contributed by atoms with Gasteiger partial charge in [0.05, 0.1) is 5.56 Å². The highest BCUT2D eigenvalue weighted by molar-refractivity contribution is 7.90. The Bertz CT molecular complexity index is 1610. The SMILES string of the molecule is CC(C)(C)CC[Si](C)(C)c1ccn(-c2ccc3c(n2)N2C[C@@H](CCCNc4cccc(n4)S(=O)(=O)NC3=O)CC2(C)C)n1. The van der Waals surface area contributed by atoms with E-state index < -0.39 is 24.0 Å². The number of carbonyl (C=O) groups excluding carboxylic acids is 1. The number of nitrogens with zero attached hydrogens (tertiary/aromatic N) is 5. The zero-order chi connectivity index (χ0) is 31.2. The lowest BCUT2D eigenvalue weighted by atomic mass is 9.93. The van der Waals surface area contributed by atoms with E-state index in [1.54, 1.807) is 28.9 Å². The molecule has 0 aliphatic carbocycles. The Morgan fingerprint density at radius 1 is 1.09 bits per heavy atom. The fourth-order valence-corrected chi connectivity index (χ4v) is 9.50. The van der Waals surface area contributed by atoms with E-state index in [0.717, 1.165) is 43.6 Å². The predicted octanol–water partition coefficient (Wildman–Crippen LogP) is 4.94. The maximum atomic E-state index is 13.7. The third-order valence-corrected chi connectivity index (χ3v) is 13.0. The summed E-state index contributed by atoms with van der Waals surface area (Å²) in [7, 11) is -6.00. The Labute approximate surface area is 256 Å². The van der Waals surface area contributed by atoms with Gasteiger partial charge in [-0.3, -0.25) is 4.79 Å². The summed E-state index contributed by atoms with van der Waals surface area (Å²) >= 11 is 0. The lowest BCUT2D eigenvalue weighted by molar-refractivity contribution is 0.0981. The van der Waals surface area contributed by atoms with Crippen molar-refractivity contribution in [2.45, 2.75) is 90.0 Å². The maximum absolute atomic E-state index is 13.7. The average Bonchev–Trinajstić information content (AvgIpc) is 3.54. The smallest absolute Gasteiger partial charge is 0.281 e. The van der Waals surface area contributed by atoms with Gasteiger partial charge in [0.2, 0.25) is 0 Å². The molecule has 0 spiro atoms. The lowest BCUT2D eigenvalue weighted by Crippen LogP contribution is -2.43. The molecule has 10 nitrogen and oxygen atoms in total. The number of hydrogen-bond donors (Lipinski definition) is 2. The zero-order valence-electron chi connectivity index (χ0n) is 26.4. The van der Waals surface area contributed by atoms with E-state index in [0.29, 0.717) is 29.9 Å². The van der Waals surface area contributed by atoms with Crippen LogP contribution in [0.2, 0.25) is 19.1 Å². The molecule has 232 valence electrons. The third kappa shape index (κ3) is 6.95. The van der Waals surface area contributed by atoms with Crippen LogP contribution in [0.15, 0.2) is 47.6 Å². The molecule has 5 heterocycles. The fraction of sp³-hybridized carbons (Fsp3) is 0.548. The van der Waals surface area contributed by atoms with Gasteiger partial charge in [0.25, 0.3) is 15.9 Å². The molecule has 1 atom stereocenters. The number of amides is 1. The molecule has 1 fully saturated rings. The van der Waals surface area contributed by atoms with E-state index in [1.165, 1.54) is 6.07 Å². The summed E-state index contributed by atoms with van der Waals surface area (Å²) < 4.78 is 30.5. The maximum Gasteiger partial charge on any atom is 0.281 e. The van der Waals surface area contributed by atoms with Crippen molar-refractivity contribution in [3.63, 3.8) is 0 Å². The van der Waals surface area contributed by atoms with Gasteiger partial charge in [-0.25, -0.2) is 19.4 Å². The molecule has 2 aliphatic heterocycles. The standard InChI is InChI=1S/C31H45N7O3SSi/c1-30(2,3)16-19-43(6,7)27-15-18-38(35-27)25-14-13-23-28(34-25)37-21-22(20-31(37,4)5)10-9-17-32-24-11-8-12-26(33-24)42(40,41)36-29(23)39/h8,11-15,18,22H,9-10,16-17,19-21H2,1-7H3,(H,32,33)(H,36,39)/t22-/m0/s1. The number of anilines is 2. The van der Waals surface area contributed by atoms with Crippen LogP contribution in [0.3, 0.4) is 0 Å². The van der Waals surface area contributed by atoms with Crippen molar-refractivity contribution in [3.8, 4) is 5.82 Å². The minimum Gasteiger partial charge on any atom is -0.370 e. The van der Waals surface area contributed by atoms with Gasteiger partial charge in [0.1, 0.15) is 19.7 Å². The summed E-state index contributed by atoms with van der Waals surface area (Å²) in [6, 6.07) is 11.4. The van der Waals surface area contributed by atoms with Gasteiger partial charge in [-0.15, -0.1) is 0 Å². The summed E-state index contributed by atoms with van der Waals surface area (Å²) in [5, 5.41) is 9.11. The van der Waals surface area contributed by atoms with E-state index in [-0.39, 0.29) is 21.5 Å². The van der Waals surface area contributed by atoms with Gasteiger partial charge in [-0.1, -0.05) is 52.4 Å². The third-order valence-electron chi connectivity index (χ3n) is 8.66. The number of carbonyl (C=O) groups is 1. The number of nitrogens with one attached hydrogen (secondary N) is 2. The first-order chi connectivity index (χ1) is 20.0. The molecule has 0 aromatic carbocycles. The van der Waals surface area contributed by atoms with Crippen LogP contribution in [0.5, 0.6) is 0 Å². The highest BCUT2D eigenvalue weighted by Crippen LogP contribution is 2.39. The second-order valence-electron chi connectivity index (χ2n) is 14.5. The van der Waals surface area contributed by atoms with Crippen molar-refractivity contribution in [2.24, 2.45) is 11.3 Å². The molecule has 3 aromatic rings. The molecule has 2 aliphatic rings. The second-order valence-corrected chi connectivity index (χ2v) is 20.9. The molecule has 43 heavy (non-hydrogen) atoms. The van der Waals surface area contributed by atoms with E-state index in [4.69, 9.17) is 10.1 Å². The average molecular weight is 624 g/mol. The summed E-state index contributed by atoms with van der Waals surface area (Å²) in [5.41, 5.74) is 0.190. The van der Waals surface area contributed by atoms with Gasteiger partial charge in [-0.2, -0.15) is 13.5 Å². The first-order valence-electron chi connectivity index (χ1n) is 15.2. The molecular formula is C31H45N7O3SSi. The Kier molecular flexibility index (Phi) is 8.23. The highest BCUT2D eigenvalue weighted by Gasteiger charge is 2.41. The zero-order valence-corrected chi connectivity index (χ0v) is 28.3. The van der Waals surface area contributed by atoms with Gasteiger partial charge in [-0.05, 0) is 74.8 Å². The number of sulfonamides is 1. The van der Waals surface area contributed by atoms with Gasteiger partial charge in [0, 0.05) is 30.1 Å². The van der Waals surface area contributed by atoms with Crippen LogP contribution in [0.4, 0.5) is 11.6 Å². The number of aromatic nitrogens is 4. The van der Waals surface area contributed by atoms with E-state index in [9.17, 15) is 13.2 Å². The molecule has 12 heteroatoms. The summed E-state index contributed by atoms with van der Waals surface area (Å²) in [5.74, 6) is 1.19. The van der Waals surface area contributed by atoms with Gasteiger partial charge in [0.15, 0.2) is 10.8 Å². The van der Waals surface area contributed by atoms with Crippen molar-refractivity contribution >= 4 is 41.0 Å². The van der Waals surface area contributed by atoms with Crippen LogP contribution in [0.25, 0.3) is 5.82 Å². The van der Waals surface area contributed by atoms with Crippen LogP contribution in [0, 0.1) is 11.3 Å². The van der Waals surface area contributed by atoms with Crippen LogP contribution in [-0.2, 0) is 10.0 Å². The van der Waals surface area contributed by atoms with E-state index in [1.807, 2.05) is 6.20 Å². The molecule has 4 bridgehead atoms. The largest absolute Gasteiger partial charge is 0.370 e. The number of hydrogen-bond acceptors (Lipinski definition) is 8. The van der Waals surface area contributed by atoms with E-state index in [2.05, 4.69) is 73.7 Å². The van der Waals surface area contributed by atoms with Crippen LogP contribution in [0.1, 0.15) is 70.7 Å². The predicted molar refractivity (Wildman–Crippen MR) is 173 cm³/mol. The van der Waals surface area contributed by atoms with Crippen LogP contribution < -0.4 is 20.3 Å². The van der Waals surface area contributed by atoms with Gasteiger partial charge < -0.3 is 10.2 Å². The first kappa shape index (κ1) is 31.2. The summed E-state index contributed by atoms with van der Waals surface area (Å²) in [4.78, 5) is 25.1. The number of fused-ring (bicyclic) bond motifs is 6. The molecule has 0 radical (unpaired) electrons. The Hall–Kier alpha value is -3.25. The van der Waals surface area contributed by atoms with Crippen LogP contribution in [-0.4, -0.2) is 60.8 Å². The molecule has 3 aromatic heterocycles. The molecule has 5 rings (SSSR count). The molecule has 1 amide bonds. The quantitative estimate of drug-likeness (QED) is 0.392. The topological polar surface area (TPSA) is 122 Å². The second kappa shape index (κ2) is 11.3. The summed E-state index contributed by atoms with van der Waals surface area (Å²) in [6.07, 6.45) is 5.91. The molecule has 0 saturated carbocycles. The minimum absolute atomic E-state index is 0.206. The molecular weight excluding hydrogens is 579 g/mol. The van der Waals surface area contributed by atoms with Crippen molar-refractivity contribution in [2.75, 3.05) is 23.3 Å². The Balaban J connectivity index is 1.54. The first-order valence-corrected chi connectivity index (χ1v) is 19.9. The molecule has 1 saturated heterocycles. The lowest BCUT2D eigenvalue weighted by Gasteiger charge is -2.34. The monoisotopic (exact) mass is 623 g/mol. The van der Waals surface area contributed by atoms with Crippen LogP contribution >= 0.6 is 0 Å².